The second-order valence-corrected chi connectivity index (χ2v) is 7.34. The monoisotopic (exact) mass is 248 g/mol. The van der Waals surface area contributed by atoms with Gasteiger partial charge in [-0.3, -0.25) is 4.79 Å². The maximum Gasteiger partial charge on any atom is 0.237 e. The van der Waals surface area contributed by atoms with E-state index in [1.165, 1.54) is 38.5 Å². The molecule has 1 atom stereocenters. The molecule has 0 unspecified atom stereocenters. The molecule has 5 rings (SSSR count). The van der Waals surface area contributed by atoms with E-state index < -0.39 is 0 Å². The van der Waals surface area contributed by atoms with Crippen molar-refractivity contribution in [1.82, 2.24) is 10.6 Å². The van der Waals surface area contributed by atoms with Crippen molar-refractivity contribution in [3.63, 3.8) is 0 Å². The Bertz CT molecular complexity index is 324. The number of carbonyl (C=O) groups excluding carboxylic acids is 1. The van der Waals surface area contributed by atoms with Crippen molar-refractivity contribution in [2.24, 2.45) is 17.8 Å². The van der Waals surface area contributed by atoms with Gasteiger partial charge in [0.2, 0.25) is 5.91 Å². The van der Waals surface area contributed by atoms with Gasteiger partial charge < -0.3 is 10.6 Å². The third kappa shape index (κ3) is 1.78. The van der Waals surface area contributed by atoms with E-state index in [0.717, 1.165) is 37.1 Å². The molecule has 100 valence electrons. The second-order valence-electron chi connectivity index (χ2n) is 7.34. The predicted molar refractivity (Wildman–Crippen MR) is 70.1 cm³/mol. The van der Waals surface area contributed by atoms with Gasteiger partial charge in [-0.25, -0.2) is 0 Å². The lowest BCUT2D eigenvalue weighted by atomic mass is 9.53. The molecule has 1 aliphatic heterocycles. The summed E-state index contributed by atoms with van der Waals surface area (Å²) in [7, 11) is 0. The zero-order chi connectivity index (χ0) is 12.2. The molecule has 4 saturated carbocycles. The van der Waals surface area contributed by atoms with Crippen LogP contribution in [0.5, 0.6) is 0 Å². The SMILES string of the molecule is O=C(NC12CC3CC(CC(C3)C1)C2)[C@@H]1CCCN1. The zero-order valence-electron chi connectivity index (χ0n) is 11.1. The van der Waals surface area contributed by atoms with Crippen LogP contribution in [-0.2, 0) is 4.79 Å². The minimum Gasteiger partial charge on any atom is -0.349 e. The summed E-state index contributed by atoms with van der Waals surface area (Å²) in [4.78, 5) is 12.4. The van der Waals surface area contributed by atoms with E-state index in [2.05, 4.69) is 10.6 Å². The van der Waals surface area contributed by atoms with Gasteiger partial charge in [-0.15, -0.1) is 0 Å². The average molecular weight is 248 g/mol. The van der Waals surface area contributed by atoms with Crippen LogP contribution >= 0.6 is 0 Å². The summed E-state index contributed by atoms with van der Waals surface area (Å²) in [5.74, 6) is 3.02. The van der Waals surface area contributed by atoms with Crippen molar-refractivity contribution in [1.29, 1.82) is 0 Å². The normalized spacial score (nSPS) is 49.6. The molecule has 1 amide bonds. The van der Waals surface area contributed by atoms with Crippen LogP contribution in [0.2, 0.25) is 0 Å². The topological polar surface area (TPSA) is 41.1 Å². The summed E-state index contributed by atoms with van der Waals surface area (Å²) in [5, 5.41) is 6.79. The number of carbonyl (C=O) groups is 1. The first-order valence-electron chi connectivity index (χ1n) is 7.78. The molecule has 0 radical (unpaired) electrons. The number of hydrogen-bond donors (Lipinski definition) is 2. The van der Waals surface area contributed by atoms with Gasteiger partial charge in [-0.1, -0.05) is 0 Å². The van der Waals surface area contributed by atoms with E-state index in [1.807, 2.05) is 0 Å². The fourth-order valence-corrected chi connectivity index (χ4v) is 5.52. The summed E-state index contributed by atoms with van der Waals surface area (Å²) in [6, 6.07) is 0.0954. The summed E-state index contributed by atoms with van der Waals surface area (Å²) < 4.78 is 0. The van der Waals surface area contributed by atoms with Crippen molar-refractivity contribution in [3.8, 4) is 0 Å². The van der Waals surface area contributed by atoms with Crippen molar-refractivity contribution < 1.29 is 4.79 Å². The second kappa shape index (κ2) is 3.96. The van der Waals surface area contributed by atoms with E-state index in [-0.39, 0.29) is 17.5 Å². The molecule has 3 heteroatoms. The smallest absolute Gasteiger partial charge is 0.237 e. The molecule has 4 aliphatic carbocycles. The van der Waals surface area contributed by atoms with Crippen LogP contribution in [-0.4, -0.2) is 24.0 Å². The van der Waals surface area contributed by atoms with Crippen LogP contribution in [0.3, 0.4) is 0 Å². The Morgan fingerprint density at radius 2 is 1.67 bits per heavy atom. The van der Waals surface area contributed by atoms with Crippen LogP contribution < -0.4 is 10.6 Å². The molecule has 5 aliphatic rings. The third-order valence-electron chi connectivity index (χ3n) is 5.80. The van der Waals surface area contributed by atoms with Crippen LogP contribution in [0, 0.1) is 17.8 Å². The lowest BCUT2D eigenvalue weighted by molar-refractivity contribution is -0.128. The fourth-order valence-electron chi connectivity index (χ4n) is 5.52. The van der Waals surface area contributed by atoms with Crippen molar-refractivity contribution in [2.45, 2.75) is 62.9 Å². The molecule has 0 spiro atoms. The highest BCUT2D eigenvalue weighted by atomic mass is 16.2. The molecule has 4 bridgehead atoms. The Balaban J connectivity index is 1.48. The first-order chi connectivity index (χ1) is 8.72. The highest BCUT2D eigenvalue weighted by Gasteiger charge is 2.51. The average Bonchev–Trinajstić information content (AvgIpc) is 2.79. The molecule has 18 heavy (non-hydrogen) atoms. The first-order valence-corrected chi connectivity index (χ1v) is 7.78. The van der Waals surface area contributed by atoms with Crippen molar-refractivity contribution in [3.05, 3.63) is 0 Å². The van der Waals surface area contributed by atoms with Crippen LogP contribution in [0.1, 0.15) is 51.4 Å². The van der Waals surface area contributed by atoms with Crippen molar-refractivity contribution in [2.75, 3.05) is 6.54 Å². The molecule has 1 saturated heterocycles. The Morgan fingerprint density at radius 1 is 1.06 bits per heavy atom. The molecular formula is C15H24N2O. The maximum atomic E-state index is 12.4. The van der Waals surface area contributed by atoms with Gasteiger partial charge in [0, 0.05) is 5.54 Å². The van der Waals surface area contributed by atoms with Gasteiger partial charge in [0.1, 0.15) is 0 Å². The summed E-state index contributed by atoms with van der Waals surface area (Å²) >= 11 is 0. The lowest BCUT2D eigenvalue weighted by Gasteiger charge is -2.57. The molecule has 0 aromatic carbocycles. The quantitative estimate of drug-likeness (QED) is 0.782. The molecule has 0 aromatic heterocycles. The van der Waals surface area contributed by atoms with Gasteiger partial charge >= 0.3 is 0 Å². The Morgan fingerprint density at radius 3 is 2.17 bits per heavy atom. The van der Waals surface area contributed by atoms with E-state index in [9.17, 15) is 4.79 Å². The molecule has 5 fully saturated rings. The van der Waals surface area contributed by atoms with E-state index in [4.69, 9.17) is 0 Å². The van der Waals surface area contributed by atoms with Crippen LogP contribution in [0.4, 0.5) is 0 Å². The number of rotatable bonds is 2. The van der Waals surface area contributed by atoms with Gasteiger partial charge in [0.05, 0.1) is 6.04 Å². The van der Waals surface area contributed by atoms with E-state index in [0.29, 0.717) is 0 Å². The molecule has 2 N–H and O–H groups in total. The van der Waals surface area contributed by atoms with Gasteiger partial charge in [0.15, 0.2) is 0 Å². The van der Waals surface area contributed by atoms with E-state index in [1.54, 1.807) is 0 Å². The number of nitrogens with one attached hydrogen (secondary N) is 2. The zero-order valence-corrected chi connectivity index (χ0v) is 11.1. The number of amides is 1. The van der Waals surface area contributed by atoms with E-state index >= 15 is 0 Å². The Hall–Kier alpha value is -0.570. The Labute approximate surface area is 109 Å². The van der Waals surface area contributed by atoms with Gasteiger partial charge in [-0.05, 0) is 75.7 Å². The molecule has 3 nitrogen and oxygen atoms in total. The van der Waals surface area contributed by atoms with Crippen LogP contribution in [0.25, 0.3) is 0 Å². The minimum atomic E-state index is 0.0954. The van der Waals surface area contributed by atoms with Gasteiger partial charge in [-0.2, -0.15) is 0 Å². The standard InChI is InChI=1S/C15H24N2O/c18-14(13-2-1-3-16-13)17-15-7-10-4-11(8-15)6-12(5-10)9-15/h10-13,16H,1-9H2,(H,17,18)/t10?,11?,12?,13-,15?/m0/s1. The molecule has 0 aromatic rings. The first kappa shape index (κ1) is 11.3. The largest absolute Gasteiger partial charge is 0.349 e. The summed E-state index contributed by atoms with van der Waals surface area (Å²) in [6.45, 7) is 1.01. The fraction of sp³-hybridized carbons (Fsp3) is 0.933. The summed E-state index contributed by atoms with van der Waals surface area (Å²) in [5.41, 5.74) is 0.191. The number of hydrogen-bond acceptors (Lipinski definition) is 2. The van der Waals surface area contributed by atoms with Gasteiger partial charge in [0.25, 0.3) is 0 Å². The highest BCUT2D eigenvalue weighted by molar-refractivity contribution is 5.82. The predicted octanol–water partition coefficient (Wildman–Crippen LogP) is 1.82. The molecule has 1 heterocycles. The van der Waals surface area contributed by atoms with Crippen molar-refractivity contribution >= 4 is 5.91 Å². The minimum absolute atomic E-state index is 0.0954. The third-order valence-corrected chi connectivity index (χ3v) is 5.80. The Kier molecular flexibility index (Phi) is 2.48. The maximum absolute atomic E-state index is 12.4. The van der Waals surface area contributed by atoms with Crippen LogP contribution in [0.15, 0.2) is 0 Å². The lowest BCUT2D eigenvalue weighted by Crippen LogP contribution is -2.61. The molecular weight excluding hydrogens is 224 g/mol. The highest BCUT2D eigenvalue weighted by Crippen LogP contribution is 2.55. The summed E-state index contributed by atoms with van der Waals surface area (Å²) in [6.07, 6.45) is 10.3.